The van der Waals surface area contributed by atoms with E-state index in [9.17, 15) is 5.11 Å². The van der Waals surface area contributed by atoms with E-state index in [0.717, 1.165) is 18.4 Å². The second kappa shape index (κ2) is 5.94. The number of aryl methyl sites for hydroxylation is 3. The Balaban J connectivity index is 1.83. The van der Waals surface area contributed by atoms with Crippen LogP contribution in [0.5, 0.6) is 0 Å². The largest absolute Gasteiger partial charge is 0.385 e. The molecule has 2 aromatic rings. The van der Waals surface area contributed by atoms with Crippen LogP contribution in [0.2, 0.25) is 0 Å². The molecule has 1 heterocycles. The van der Waals surface area contributed by atoms with E-state index in [4.69, 9.17) is 0 Å². The Morgan fingerprint density at radius 2 is 1.76 bits per heavy atom. The Morgan fingerprint density at radius 1 is 1.05 bits per heavy atom. The van der Waals surface area contributed by atoms with Crippen LogP contribution in [-0.2, 0) is 31.3 Å². The Bertz CT molecular complexity index is 624. The zero-order chi connectivity index (χ0) is 14.9. The van der Waals surface area contributed by atoms with Crippen LogP contribution in [0.25, 0.3) is 0 Å². The summed E-state index contributed by atoms with van der Waals surface area (Å²) in [5.41, 5.74) is 3.21. The zero-order valence-corrected chi connectivity index (χ0v) is 13.8. The van der Waals surface area contributed by atoms with Gasteiger partial charge in [-0.2, -0.15) is 0 Å². The van der Waals surface area contributed by atoms with E-state index in [0.29, 0.717) is 6.42 Å². The summed E-state index contributed by atoms with van der Waals surface area (Å²) in [4.78, 5) is 2.67. The summed E-state index contributed by atoms with van der Waals surface area (Å²) < 4.78 is 0. The number of fused-ring (bicyclic) bond motifs is 1. The molecule has 1 aliphatic carbocycles. The van der Waals surface area contributed by atoms with E-state index < -0.39 is 5.60 Å². The lowest BCUT2D eigenvalue weighted by Gasteiger charge is -2.26. The second-order valence-electron chi connectivity index (χ2n) is 6.36. The molecule has 1 N–H and O–H groups in total. The van der Waals surface area contributed by atoms with Gasteiger partial charge in [0.1, 0.15) is 0 Å². The number of hydrogen-bond donors (Lipinski definition) is 1. The summed E-state index contributed by atoms with van der Waals surface area (Å²) in [5.74, 6) is 0. The highest BCUT2D eigenvalue weighted by Crippen LogP contribution is 2.31. The lowest BCUT2D eigenvalue weighted by molar-refractivity contribution is 0.0583. The Kier molecular flexibility index (Phi) is 4.19. The van der Waals surface area contributed by atoms with E-state index in [1.54, 1.807) is 0 Å². The molecule has 1 atom stereocenters. The lowest BCUT2D eigenvalue weighted by atomic mass is 9.85. The molecule has 0 saturated carbocycles. The van der Waals surface area contributed by atoms with Gasteiger partial charge in [0, 0.05) is 16.2 Å². The Morgan fingerprint density at radius 3 is 2.48 bits per heavy atom. The topological polar surface area (TPSA) is 20.2 Å². The van der Waals surface area contributed by atoms with Gasteiger partial charge in [-0.1, -0.05) is 25.1 Å². The van der Waals surface area contributed by atoms with Gasteiger partial charge in [0.2, 0.25) is 0 Å². The van der Waals surface area contributed by atoms with Crippen LogP contribution < -0.4 is 0 Å². The molecule has 3 rings (SSSR count). The number of rotatable bonds is 4. The quantitative estimate of drug-likeness (QED) is 0.872. The molecule has 2 heteroatoms. The maximum absolute atomic E-state index is 10.9. The third-order valence-corrected chi connectivity index (χ3v) is 5.78. The zero-order valence-electron chi connectivity index (χ0n) is 13.0. The van der Waals surface area contributed by atoms with Crippen molar-refractivity contribution in [3.63, 3.8) is 0 Å². The van der Waals surface area contributed by atoms with Crippen LogP contribution in [0.15, 0.2) is 30.3 Å². The molecule has 1 aliphatic rings. The van der Waals surface area contributed by atoms with Gasteiger partial charge < -0.3 is 5.11 Å². The van der Waals surface area contributed by atoms with E-state index in [1.165, 1.54) is 40.1 Å². The molecule has 0 aliphatic heterocycles. The molecular weight excluding hydrogens is 276 g/mol. The van der Waals surface area contributed by atoms with Crippen LogP contribution in [0, 0.1) is 0 Å². The molecule has 112 valence electrons. The first-order valence-corrected chi connectivity index (χ1v) is 8.82. The molecule has 1 aromatic heterocycles. The summed E-state index contributed by atoms with van der Waals surface area (Å²) in [6.07, 6.45) is 6.73. The molecule has 0 radical (unpaired) electrons. The van der Waals surface area contributed by atoms with Crippen molar-refractivity contribution in [3.05, 3.63) is 56.8 Å². The average Bonchev–Trinajstić information content (AvgIpc) is 2.93. The highest BCUT2D eigenvalue weighted by atomic mass is 32.1. The van der Waals surface area contributed by atoms with E-state index in [-0.39, 0.29) is 0 Å². The van der Waals surface area contributed by atoms with Gasteiger partial charge in [-0.15, -0.1) is 11.3 Å². The van der Waals surface area contributed by atoms with Crippen molar-refractivity contribution in [1.29, 1.82) is 0 Å². The van der Waals surface area contributed by atoms with Crippen molar-refractivity contribution in [3.8, 4) is 0 Å². The number of thiophene rings is 1. The molecular formula is C19H24OS. The maximum Gasteiger partial charge on any atom is 0.0916 e. The molecule has 1 unspecified atom stereocenters. The van der Waals surface area contributed by atoms with Crippen molar-refractivity contribution in [2.24, 2.45) is 0 Å². The van der Waals surface area contributed by atoms with Crippen molar-refractivity contribution in [1.82, 2.24) is 0 Å². The van der Waals surface area contributed by atoms with Gasteiger partial charge >= 0.3 is 0 Å². The molecule has 0 saturated heterocycles. The fourth-order valence-electron chi connectivity index (χ4n) is 3.22. The van der Waals surface area contributed by atoms with Gasteiger partial charge in [-0.3, -0.25) is 0 Å². The first kappa shape index (κ1) is 14.8. The SMILES string of the molecule is CCc1ccc(CC(C)(O)c2ccc3c(c2)CCCC3)s1. The maximum atomic E-state index is 10.9. The smallest absolute Gasteiger partial charge is 0.0916 e. The number of aliphatic hydroxyl groups is 1. The van der Waals surface area contributed by atoms with Gasteiger partial charge in [0.15, 0.2) is 0 Å². The summed E-state index contributed by atoms with van der Waals surface area (Å²) in [6, 6.07) is 10.9. The first-order valence-electron chi connectivity index (χ1n) is 8.01. The first-order chi connectivity index (χ1) is 10.1. The second-order valence-corrected chi connectivity index (χ2v) is 7.62. The van der Waals surface area contributed by atoms with Crippen molar-refractivity contribution < 1.29 is 5.11 Å². The molecule has 21 heavy (non-hydrogen) atoms. The monoisotopic (exact) mass is 300 g/mol. The highest BCUT2D eigenvalue weighted by Gasteiger charge is 2.25. The van der Waals surface area contributed by atoms with E-state index in [1.807, 2.05) is 18.3 Å². The van der Waals surface area contributed by atoms with Crippen molar-refractivity contribution in [2.45, 2.75) is 58.0 Å². The summed E-state index contributed by atoms with van der Waals surface area (Å²) in [7, 11) is 0. The molecule has 0 fully saturated rings. The minimum Gasteiger partial charge on any atom is -0.385 e. The van der Waals surface area contributed by atoms with Crippen LogP contribution in [0.4, 0.5) is 0 Å². The molecule has 0 amide bonds. The van der Waals surface area contributed by atoms with E-state index >= 15 is 0 Å². The molecule has 0 spiro atoms. The third-order valence-electron chi connectivity index (χ3n) is 4.55. The highest BCUT2D eigenvalue weighted by molar-refractivity contribution is 7.12. The van der Waals surface area contributed by atoms with Crippen LogP contribution in [0.3, 0.4) is 0 Å². The van der Waals surface area contributed by atoms with Crippen LogP contribution >= 0.6 is 11.3 Å². The third kappa shape index (κ3) is 3.22. The fourth-order valence-corrected chi connectivity index (χ4v) is 4.32. The average molecular weight is 300 g/mol. The predicted octanol–water partition coefficient (Wildman–Crippen LogP) is 4.64. The van der Waals surface area contributed by atoms with Gasteiger partial charge in [-0.05, 0) is 67.9 Å². The minimum atomic E-state index is -0.775. The van der Waals surface area contributed by atoms with E-state index in [2.05, 4.69) is 37.3 Å². The molecule has 1 nitrogen and oxygen atoms in total. The Labute approximate surface area is 131 Å². The standard InChI is InChI=1S/C19H24OS/c1-3-17-10-11-18(21-17)13-19(2,20)16-9-8-14-6-4-5-7-15(14)12-16/h8-12,20H,3-7,13H2,1-2H3. The van der Waals surface area contributed by atoms with Crippen molar-refractivity contribution in [2.75, 3.05) is 0 Å². The lowest BCUT2D eigenvalue weighted by Crippen LogP contribution is -2.24. The number of hydrogen-bond acceptors (Lipinski definition) is 2. The summed E-state index contributed by atoms with van der Waals surface area (Å²) in [5, 5.41) is 10.9. The van der Waals surface area contributed by atoms with Crippen LogP contribution in [0.1, 0.15) is 53.1 Å². The van der Waals surface area contributed by atoms with Crippen molar-refractivity contribution >= 4 is 11.3 Å². The minimum absolute atomic E-state index is 0.705. The van der Waals surface area contributed by atoms with Gasteiger partial charge in [-0.25, -0.2) is 0 Å². The Hall–Kier alpha value is -1.12. The van der Waals surface area contributed by atoms with Gasteiger partial charge in [0.05, 0.1) is 5.60 Å². The molecule has 0 bridgehead atoms. The summed E-state index contributed by atoms with van der Waals surface area (Å²) >= 11 is 1.82. The normalized spacial score (nSPS) is 17.3. The van der Waals surface area contributed by atoms with Gasteiger partial charge in [0.25, 0.3) is 0 Å². The van der Waals surface area contributed by atoms with Crippen LogP contribution in [-0.4, -0.2) is 5.11 Å². The number of benzene rings is 1. The predicted molar refractivity (Wildman–Crippen MR) is 90.1 cm³/mol. The molecule has 1 aromatic carbocycles. The summed E-state index contributed by atoms with van der Waals surface area (Å²) in [6.45, 7) is 4.13. The fraction of sp³-hybridized carbons (Fsp3) is 0.474.